The van der Waals surface area contributed by atoms with E-state index >= 15 is 0 Å². The van der Waals surface area contributed by atoms with E-state index in [0.29, 0.717) is 23.4 Å². The van der Waals surface area contributed by atoms with E-state index in [-0.39, 0.29) is 30.3 Å². The molecule has 7 nitrogen and oxygen atoms in total. The first-order chi connectivity index (χ1) is 17.1. The van der Waals surface area contributed by atoms with E-state index in [0.717, 1.165) is 36.9 Å². The minimum absolute atomic E-state index is 0.00535. The number of aliphatic hydroxyl groups is 2. The van der Waals surface area contributed by atoms with Crippen LogP contribution in [0.2, 0.25) is 0 Å². The van der Waals surface area contributed by atoms with Gasteiger partial charge in [-0.1, -0.05) is 37.1 Å². The molecule has 3 unspecified atom stereocenters. The van der Waals surface area contributed by atoms with Crippen molar-refractivity contribution < 1.29 is 19.3 Å². The maximum absolute atomic E-state index is 15.0. The molecule has 35 heavy (non-hydrogen) atoms. The molecule has 0 amide bonds. The molecule has 8 heteroatoms. The second kappa shape index (κ2) is 9.20. The Bertz CT molecular complexity index is 1210. The number of aromatic nitrogens is 2. The molecule has 6 rings (SSSR count). The van der Waals surface area contributed by atoms with Gasteiger partial charge in [-0.2, -0.15) is 5.10 Å². The molecule has 0 spiro atoms. The first-order valence-corrected chi connectivity index (χ1v) is 12.2. The van der Waals surface area contributed by atoms with Crippen LogP contribution in [0.4, 0.5) is 10.1 Å². The predicted octanol–water partition coefficient (Wildman–Crippen LogP) is 3.57. The van der Waals surface area contributed by atoms with Crippen molar-refractivity contribution in [2.75, 3.05) is 4.90 Å². The third-order valence-corrected chi connectivity index (χ3v) is 7.21. The van der Waals surface area contributed by atoms with Crippen LogP contribution >= 0.6 is 0 Å². The minimum atomic E-state index is -0.952. The van der Waals surface area contributed by atoms with Crippen molar-refractivity contribution in [3.63, 3.8) is 0 Å². The summed E-state index contributed by atoms with van der Waals surface area (Å²) in [5, 5.41) is 29.1. The van der Waals surface area contributed by atoms with Gasteiger partial charge in [-0.3, -0.25) is 5.32 Å². The van der Waals surface area contributed by atoms with Gasteiger partial charge in [0.15, 0.2) is 0 Å². The smallest absolute Gasteiger partial charge is 0.147 e. The highest BCUT2D eigenvalue weighted by molar-refractivity contribution is 5.63. The van der Waals surface area contributed by atoms with Gasteiger partial charge in [-0.05, 0) is 42.7 Å². The second-order valence-corrected chi connectivity index (χ2v) is 9.56. The number of epoxide rings is 1. The van der Waals surface area contributed by atoms with Crippen LogP contribution in [-0.4, -0.2) is 44.5 Å². The standard InChI is InChI=1S/C27H29FN4O3/c28-21-6-3-5-19-24(21)31(15-17-9-11-18(12-10-17)32-14-4-13-29-32)16-20(25(19)34)26-27(35-26)30-22-7-1-2-8-23(22)33/h3-6,9-14,16,22-23,25-27,30,33-34H,1-2,7-8,15H2/t22-,23-,25?,26?,27?/m0/s1. The summed E-state index contributed by atoms with van der Waals surface area (Å²) >= 11 is 0. The zero-order valence-corrected chi connectivity index (χ0v) is 19.3. The van der Waals surface area contributed by atoms with Crippen molar-refractivity contribution in [2.24, 2.45) is 0 Å². The summed E-state index contributed by atoms with van der Waals surface area (Å²) in [5.74, 6) is -0.373. The molecule has 182 valence electrons. The first-order valence-electron chi connectivity index (χ1n) is 12.2. The van der Waals surface area contributed by atoms with Crippen molar-refractivity contribution >= 4 is 5.69 Å². The third-order valence-electron chi connectivity index (χ3n) is 7.21. The van der Waals surface area contributed by atoms with Crippen LogP contribution in [-0.2, 0) is 11.3 Å². The van der Waals surface area contributed by atoms with Gasteiger partial charge < -0.3 is 19.8 Å². The number of benzene rings is 2. The quantitative estimate of drug-likeness (QED) is 0.472. The van der Waals surface area contributed by atoms with Gasteiger partial charge in [0.1, 0.15) is 24.3 Å². The lowest BCUT2D eigenvalue weighted by Crippen LogP contribution is -2.44. The lowest BCUT2D eigenvalue weighted by Gasteiger charge is -2.33. The number of rotatable bonds is 6. The van der Waals surface area contributed by atoms with E-state index in [1.54, 1.807) is 23.0 Å². The van der Waals surface area contributed by atoms with Crippen LogP contribution in [0.25, 0.3) is 5.69 Å². The van der Waals surface area contributed by atoms with Crippen LogP contribution in [0.1, 0.15) is 42.9 Å². The minimum Gasteiger partial charge on any atom is -0.392 e. The van der Waals surface area contributed by atoms with Gasteiger partial charge in [0.2, 0.25) is 0 Å². The van der Waals surface area contributed by atoms with E-state index in [4.69, 9.17) is 4.74 Å². The fourth-order valence-electron chi connectivity index (χ4n) is 5.29. The average molecular weight is 477 g/mol. The summed E-state index contributed by atoms with van der Waals surface area (Å²) in [5.41, 5.74) is 3.55. The largest absolute Gasteiger partial charge is 0.392 e. The summed E-state index contributed by atoms with van der Waals surface area (Å²) in [6.07, 6.45) is 7.34. The Morgan fingerprint density at radius 1 is 1.06 bits per heavy atom. The summed E-state index contributed by atoms with van der Waals surface area (Å²) in [7, 11) is 0. The maximum Gasteiger partial charge on any atom is 0.147 e. The highest BCUT2D eigenvalue weighted by Gasteiger charge is 2.48. The van der Waals surface area contributed by atoms with Gasteiger partial charge >= 0.3 is 0 Å². The Morgan fingerprint density at radius 3 is 2.66 bits per heavy atom. The van der Waals surface area contributed by atoms with Gasteiger partial charge in [0.05, 0.1) is 17.5 Å². The number of para-hydroxylation sites is 1. The van der Waals surface area contributed by atoms with Crippen LogP contribution in [0.3, 0.4) is 0 Å². The number of hydrogen-bond donors (Lipinski definition) is 3. The van der Waals surface area contributed by atoms with E-state index < -0.39 is 6.10 Å². The molecule has 3 N–H and O–H groups in total. The summed E-state index contributed by atoms with van der Waals surface area (Å²) in [6, 6.07) is 14.6. The Kier molecular flexibility index (Phi) is 5.89. The fraction of sp³-hybridized carbons (Fsp3) is 0.370. The third kappa shape index (κ3) is 4.38. The summed E-state index contributed by atoms with van der Waals surface area (Å²) in [6.45, 7) is 0.440. The number of anilines is 1. The molecule has 3 aromatic rings. The number of aliphatic hydroxyl groups excluding tert-OH is 2. The molecule has 0 bridgehead atoms. The van der Waals surface area contributed by atoms with E-state index in [1.807, 2.05) is 47.6 Å². The van der Waals surface area contributed by atoms with Gasteiger partial charge in [0.25, 0.3) is 0 Å². The Balaban J connectivity index is 1.24. The van der Waals surface area contributed by atoms with Gasteiger partial charge in [0, 0.05) is 42.3 Å². The molecule has 0 radical (unpaired) electrons. The molecule has 5 atom stereocenters. The normalized spacial score (nSPS) is 27.9. The van der Waals surface area contributed by atoms with E-state index in [9.17, 15) is 14.6 Å². The highest BCUT2D eigenvalue weighted by Crippen LogP contribution is 2.44. The van der Waals surface area contributed by atoms with Crippen molar-refractivity contribution in [1.82, 2.24) is 15.1 Å². The number of halogens is 1. The highest BCUT2D eigenvalue weighted by atomic mass is 19.1. The summed E-state index contributed by atoms with van der Waals surface area (Å²) in [4.78, 5) is 1.85. The lowest BCUT2D eigenvalue weighted by molar-refractivity contribution is 0.0841. The predicted molar refractivity (Wildman–Crippen MR) is 129 cm³/mol. The molecule has 2 fully saturated rings. The van der Waals surface area contributed by atoms with Crippen molar-refractivity contribution in [1.29, 1.82) is 0 Å². The van der Waals surface area contributed by atoms with Crippen molar-refractivity contribution in [3.05, 3.63) is 89.6 Å². The van der Waals surface area contributed by atoms with Gasteiger partial charge in [-0.25, -0.2) is 9.07 Å². The Hall–Kier alpha value is -3.04. The van der Waals surface area contributed by atoms with E-state index in [1.165, 1.54) is 6.07 Å². The Labute approximate surface area is 203 Å². The second-order valence-electron chi connectivity index (χ2n) is 9.56. The first kappa shape index (κ1) is 22.4. The van der Waals surface area contributed by atoms with Crippen LogP contribution in [0, 0.1) is 5.82 Å². The molecule has 1 saturated carbocycles. The molecule has 1 saturated heterocycles. The topological polar surface area (TPSA) is 86.1 Å². The van der Waals surface area contributed by atoms with Crippen LogP contribution < -0.4 is 10.2 Å². The maximum atomic E-state index is 15.0. The lowest BCUT2D eigenvalue weighted by atomic mass is 9.91. The molecule has 2 aromatic carbocycles. The average Bonchev–Trinajstić information content (AvgIpc) is 3.39. The monoisotopic (exact) mass is 476 g/mol. The van der Waals surface area contributed by atoms with Crippen LogP contribution in [0.15, 0.2) is 72.7 Å². The molecular weight excluding hydrogens is 447 g/mol. The van der Waals surface area contributed by atoms with E-state index in [2.05, 4.69) is 10.4 Å². The molecule has 3 heterocycles. The number of nitrogens with zero attached hydrogens (tertiary/aromatic N) is 3. The zero-order valence-electron chi connectivity index (χ0n) is 19.3. The number of nitrogens with one attached hydrogen (secondary N) is 1. The van der Waals surface area contributed by atoms with Gasteiger partial charge in [-0.15, -0.1) is 0 Å². The molecule has 1 aliphatic carbocycles. The molecule has 1 aromatic heterocycles. The number of fused-ring (bicyclic) bond motifs is 1. The molecule has 2 aliphatic heterocycles. The molecular formula is C27H29FN4O3. The zero-order chi connectivity index (χ0) is 23.9. The van der Waals surface area contributed by atoms with Crippen molar-refractivity contribution in [2.45, 2.75) is 62.8 Å². The summed E-state index contributed by atoms with van der Waals surface area (Å²) < 4.78 is 22.6. The van der Waals surface area contributed by atoms with Crippen LogP contribution in [0.5, 0.6) is 0 Å². The molecule has 3 aliphatic rings. The Morgan fingerprint density at radius 2 is 1.89 bits per heavy atom. The van der Waals surface area contributed by atoms with Crippen molar-refractivity contribution in [3.8, 4) is 5.69 Å². The number of hydrogen-bond acceptors (Lipinski definition) is 6. The fourth-order valence-corrected chi connectivity index (χ4v) is 5.29. The SMILES string of the molecule is OC1C(C2OC2N[C@H]2CCCC[C@@H]2O)=CN(Cc2ccc(-n3cccn3)cc2)c2c(F)cccc21. The number of ether oxygens (including phenoxy) is 1.